The topological polar surface area (TPSA) is 85.4 Å². The number of hydrogen-bond donors (Lipinski definition) is 2. The SMILES string of the molecule is CCOc1ccc(CC(=O)OC)cc1CSC(=N)N.Cl. The minimum atomic E-state index is -0.283. The number of ether oxygens (including phenoxy) is 2. The fraction of sp³-hybridized carbons (Fsp3) is 0.385. The standard InChI is InChI=1S/C13H18N2O3S.ClH/c1-3-18-11-5-4-9(7-12(16)17-2)6-10(11)8-19-13(14)15;/h4-6H,3,7-8H2,1-2H3,(H3,14,15);1H. The Morgan fingerprint density at radius 2 is 2.15 bits per heavy atom. The predicted octanol–water partition coefficient (Wildman–Crippen LogP) is 2.35. The largest absolute Gasteiger partial charge is 0.494 e. The van der Waals surface area contributed by atoms with Gasteiger partial charge in [0.2, 0.25) is 0 Å². The number of halogens is 1. The minimum Gasteiger partial charge on any atom is -0.494 e. The molecule has 0 bridgehead atoms. The molecule has 5 nitrogen and oxygen atoms in total. The first-order valence-corrected chi connectivity index (χ1v) is 6.83. The van der Waals surface area contributed by atoms with E-state index < -0.39 is 0 Å². The third kappa shape index (κ3) is 6.16. The smallest absolute Gasteiger partial charge is 0.309 e. The number of benzene rings is 1. The molecular weight excluding hydrogens is 300 g/mol. The average molecular weight is 319 g/mol. The van der Waals surface area contributed by atoms with Crippen molar-refractivity contribution >= 4 is 35.3 Å². The van der Waals surface area contributed by atoms with Crippen molar-refractivity contribution in [1.29, 1.82) is 5.41 Å². The molecule has 0 spiro atoms. The second kappa shape index (κ2) is 9.50. The van der Waals surface area contributed by atoms with Gasteiger partial charge in [-0.05, 0) is 18.6 Å². The van der Waals surface area contributed by atoms with Gasteiger partial charge in [-0.2, -0.15) is 0 Å². The Hall–Kier alpha value is -1.40. The van der Waals surface area contributed by atoms with E-state index in [0.29, 0.717) is 12.4 Å². The van der Waals surface area contributed by atoms with Gasteiger partial charge in [-0.25, -0.2) is 0 Å². The zero-order chi connectivity index (χ0) is 14.3. The molecule has 7 heteroatoms. The third-order valence-electron chi connectivity index (χ3n) is 2.38. The van der Waals surface area contributed by atoms with Gasteiger partial charge in [0.15, 0.2) is 5.17 Å². The molecular formula is C13H19ClN2O3S. The Kier molecular flexibility index (Phi) is 8.83. The van der Waals surface area contributed by atoms with E-state index in [9.17, 15) is 4.79 Å². The molecule has 0 heterocycles. The molecule has 112 valence electrons. The van der Waals surface area contributed by atoms with E-state index in [-0.39, 0.29) is 30.0 Å². The zero-order valence-electron chi connectivity index (χ0n) is 11.5. The Bertz CT molecular complexity index is 469. The first-order chi connectivity index (χ1) is 9.06. The first-order valence-electron chi connectivity index (χ1n) is 5.85. The van der Waals surface area contributed by atoms with Gasteiger partial charge in [0.25, 0.3) is 0 Å². The lowest BCUT2D eigenvalue weighted by Crippen LogP contribution is -2.07. The normalized spacial score (nSPS) is 9.50. The zero-order valence-corrected chi connectivity index (χ0v) is 13.1. The monoisotopic (exact) mass is 318 g/mol. The van der Waals surface area contributed by atoms with Crippen molar-refractivity contribution in [2.75, 3.05) is 13.7 Å². The first kappa shape index (κ1) is 18.6. The molecule has 0 saturated carbocycles. The average Bonchev–Trinajstić information content (AvgIpc) is 2.38. The number of amidine groups is 1. The fourth-order valence-corrected chi connectivity index (χ4v) is 2.08. The molecule has 0 unspecified atom stereocenters. The van der Waals surface area contributed by atoms with Crippen LogP contribution in [0.2, 0.25) is 0 Å². The number of methoxy groups -OCH3 is 1. The Morgan fingerprint density at radius 1 is 1.45 bits per heavy atom. The van der Waals surface area contributed by atoms with Crippen molar-refractivity contribution in [1.82, 2.24) is 0 Å². The number of esters is 1. The summed E-state index contributed by atoms with van der Waals surface area (Å²) >= 11 is 1.22. The second-order valence-corrected chi connectivity index (χ2v) is 4.80. The van der Waals surface area contributed by atoms with E-state index in [2.05, 4.69) is 4.74 Å². The molecule has 0 radical (unpaired) electrons. The maximum Gasteiger partial charge on any atom is 0.309 e. The molecule has 0 fully saturated rings. The van der Waals surface area contributed by atoms with E-state index in [1.54, 1.807) is 0 Å². The molecule has 0 aliphatic carbocycles. The molecule has 0 amide bonds. The molecule has 0 aliphatic rings. The summed E-state index contributed by atoms with van der Waals surface area (Å²) < 4.78 is 10.2. The van der Waals surface area contributed by atoms with Gasteiger partial charge in [0, 0.05) is 11.3 Å². The third-order valence-corrected chi connectivity index (χ3v) is 3.15. The molecule has 20 heavy (non-hydrogen) atoms. The van der Waals surface area contributed by atoms with Crippen molar-refractivity contribution in [3.8, 4) is 5.75 Å². The van der Waals surface area contributed by atoms with Crippen LogP contribution >= 0.6 is 24.2 Å². The minimum absolute atomic E-state index is 0. The number of rotatable bonds is 6. The molecule has 3 N–H and O–H groups in total. The van der Waals surface area contributed by atoms with E-state index in [4.69, 9.17) is 15.9 Å². The molecule has 0 atom stereocenters. The van der Waals surface area contributed by atoms with Gasteiger partial charge in [-0.15, -0.1) is 12.4 Å². The van der Waals surface area contributed by atoms with Crippen molar-refractivity contribution in [3.05, 3.63) is 29.3 Å². The van der Waals surface area contributed by atoms with Crippen LogP contribution in [-0.4, -0.2) is 24.9 Å². The maximum atomic E-state index is 11.3. The summed E-state index contributed by atoms with van der Waals surface area (Å²) in [5, 5.41) is 7.29. The lowest BCUT2D eigenvalue weighted by atomic mass is 10.1. The Morgan fingerprint density at radius 3 is 2.70 bits per heavy atom. The molecule has 1 rings (SSSR count). The van der Waals surface area contributed by atoms with Gasteiger partial charge in [-0.1, -0.05) is 23.9 Å². The van der Waals surface area contributed by atoms with E-state index in [1.807, 2.05) is 25.1 Å². The summed E-state index contributed by atoms with van der Waals surface area (Å²) in [6.45, 7) is 2.47. The van der Waals surface area contributed by atoms with Crippen LogP contribution in [0.25, 0.3) is 0 Å². The number of carbonyl (C=O) groups excluding carboxylic acids is 1. The summed E-state index contributed by atoms with van der Waals surface area (Å²) in [4.78, 5) is 11.3. The molecule has 0 aliphatic heterocycles. The van der Waals surface area contributed by atoms with Crippen molar-refractivity contribution in [2.45, 2.75) is 19.1 Å². The highest BCUT2D eigenvalue weighted by atomic mass is 35.5. The summed E-state index contributed by atoms with van der Waals surface area (Å²) in [6.07, 6.45) is 0.223. The number of nitrogens with two attached hydrogens (primary N) is 1. The molecule has 1 aromatic rings. The van der Waals surface area contributed by atoms with Gasteiger partial charge in [0.1, 0.15) is 5.75 Å². The quantitative estimate of drug-likeness (QED) is 0.478. The number of carbonyl (C=O) groups is 1. The van der Waals surface area contributed by atoms with Crippen LogP contribution < -0.4 is 10.5 Å². The number of nitrogens with one attached hydrogen (secondary N) is 1. The maximum absolute atomic E-state index is 11.3. The lowest BCUT2D eigenvalue weighted by Gasteiger charge is -2.11. The summed E-state index contributed by atoms with van der Waals surface area (Å²) in [5.41, 5.74) is 7.11. The van der Waals surface area contributed by atoms with Crippen LogP contribution in [0.3, 0.4) is 0 Å². The van der Waals surface area contributed by atoms with Crippen LogP contribution in [0, 0.1) is 5.41 Å². The highest BCUT2D eigenvalue weighted by Gasteiger charge is 2.09. The molecule has 0 aromatic heterocycles. The van der Waals surface area contributed by atoms with Crippen LogP contribution in [-0.2, 0) is 21.7 Å². The Balaban J connectivity index is 0.00000361. The van der Waals surface area contributed by atoms with Crippen LogP contribution in [0.5, 0.6) is 5.75 Å². The predicted molar refractivity (Wildman–Crippen MR) is 83.8 cm³/mol. The highest BCUT2D eigenvalue weighted by Crippen LogP contribution is 2.25. The van der Waals surface area contributed by atoms with E-state index in [0.717, 1.165) is 16.9 Å². The second-order valence-electron chi connectivity index (χ2n) is 3.78. The number of hydrogen-bond acceptors (Lipinski definition) is 5. The van der Waals surface area contributed by atoms with Crippen LogP contribution in [0.1, 0.15) is 18.1 Å². The van der Waals surface area contributed by atoms with Gasteiger partial charge >= 0.3 is 5.97 Å². The van der Waals surface area contributed by atoms with E-state index >= 15 is 0 Å². The number of thioether (sulfide) groups is 1. The molecule has 0 saturated heterocycles. The van der Waals surface area contributed by atoms with Crippen molar-refractivity contribution < 1.29 is 14.3 Å². The summed E-state index contributed by atoms with van der Waals surface area (Å²) in [7, 11) is 1.36. The highest BCUT2D eigenvalue weighted by molar-refractivity contribution is 8.13. The van der Waals surface area contributed by atoms with E-state index in [1.165, 1.54) is 18.9 Å². The fourth-order valence-electron chi connectivity index (χ4n) is 1.55. The summed E-state index contributed by atoms with van der Waals surface area (Å²) in [6, 6.07) is 5.56. The van der Waals surface area contributed by atoms with Gasteiger partial charge in [0.05, 0.1) is 20.1 Å². The Labute approximate surface area is 129 Å². The van der Waals surface area contributed by atoms with Gasteiger partial charge in [-0.3, -0.25) is 10.2 Å². The van der Waals surface area contributed by atoms with Crippen molar-refractivity contribution in [3.63, 3.8) is 0 Å². The van der Waals surface area contributed by atoms with Crippen LogP contribution in [0.4, 0.5) is 0 Å². The van der Waals surface area contributed by atoms with Crippen molar-refractivity contribution in [2.24, 2.45) is 5.73 Å². The molecule has 1 aromatic carbocycles. The summed E-state index contributed by atoms with van der Waals surface area (Å²) in [5.74, 6) is 1.01. The lowest BCUT2D eigenvalue weighted by molar-refractivity contribution is -0.139. The van der Waals surface area contributed by atoms with Crippen LogP contribution in [0.15, 0.2) is 18.2 Å². The van der Waals surface area contributed by atoms with Gasteiger partial charge < -0.3 is 15.2 Å².